The fraction of sp³-hybridized carbons (Fsp3) is 0.231. The number of fused-ring (bicyclic) bond motifs is 1. The van der Waals surface area contributed by atoms with Crippen LogP contribution in [0.5, 0.6) is 0 Å². The van der Waals surface area contributed by atoms with E-state index in [1.807, 2.05) is 0 Å². The van der Waals surface area contributed by atoms with E-state index >= 15 is 0 Å². The summed E-state index contributed by atoms with van der Waals surface area (Å²) in [5, 5.41) is 9.67. The van der Waals surface area contributed by atoms with Gasteiger partial charge in [0.15, 0.2) is 4.21 Å². The third-order valence-corrected chi connectivity index (χ3v) is 6.49. The SMILES string of the molecule is Cc1ncc(S(=O)(=O)N2CCc3cc(C(=O)O)ccc32)s1. The van der Waals surface area contributed by atoms with Gasteiger partial charge in [0.1, 0.15) is 0 Å². The highest BCUT2D eigenvalue weighted by atomic mass is 32.2. The number of hydrogen-bond acceptors (Lipinski definition) is 5. The van der Waals surface area contributed by atoms with Crippen molar-refractivity contribution in [3.63, 3.8) is 0 Å². The van der Waals surface area contributed by atoms with Gasteiger partial charge in [-0.3, -0.25) is 4.31 Å². The number of aromatic carboxylic acids is 1. The summed E-state index contributed by atoms with van der Waals surface area (Å²) < 4.78 is 26.7. The first-order valence-electron chi connectivity index (χ1n) is 6.21. The molecule has 2 heterocycles. The minimum absolute atomic E-state index is 0.168. The van der Waals surface area contributed by atoms with E-state index in [2.05, 4.69) is 4.98 Å². The van der Waals surface area contributed by atoms with Gasteiger partial charge >= 0.3 is 5.97 Å². The molecule has 2 aromatic rings. The molecule has 6 nitrogen and oxygen atoms in total. The van der Waals surface area contributed by atoms with Gasteiger partial charge in [0.25, 0.3) is 10.0 Å². The molecule has 3 rings (SSSR count). The Hall–Kier alpha value is -1.93. The molecule has 1 aliphatic rings. The third kappa shape index (κ3) is 2.30. The molecule has 1 N–H and O–H groups in total. The number of anilines is 1. The number of aryl methyl sites for hydroxylation is 1. The molecule has 21 heavy (non-hydrogen) atoms. The average Bonchev–Trinajstić information content (AvgIpc) is 3.04. The van der Waals surface area contributed by atoms with E-state index in [4.69, 9.17) is 5.11 Å². The standard InChI is InChI=1S/C13H12N2O4S2/c1-8-14-7-12(20-8)21(18,19)15-5-4-9-6-10(13(16)17)2-3-11(9)15/h2-3,6-7H,4-5H2,1H3,(H,16,17). The van der Waals surface area contributed by atoms with Crippen molar-refractivity contribution in [2.45, 2.75) is 17.6 Å². The van der Waals surface area contributed by atoms with Gasteiger partial charge < -0.3 is 5.11 Å². The Morgan fingerprint density at radius 3 is 2.81 bits per heavy atom. The Balaban J connectivity index is 2.03. The molecule has 0 amide bonds. The van der Waals surface area contributed by atoms with Crippen molar-refractivity contribution in [3.05, 3.63) is 40.5 Å². The monoisotopic (exact) mass is 324 g/mol. The zero-order valence-electron chi connectivity index (χ0n) is 11.1. The molecule has 0 saturated carbocycles. The van der Waals surface area contributed by atoms with Crippen LogP contribution in [-0.4, -0.2) is 31.0 Å². The summed E-state index contributed by atoms with van der Waals surface area (Å²) in [5.74, 6) is -1.02. The Labute approximate surface area is 125 Å². The summed E-state index contributed by atoms with van der Waals surface area (Å²) in [6, 6.07) is 4.51. The molecule has 0 unspecified atom stereocenters. The van der Waals surface area contributed by atoms with Crippen molar-refractivity contribution in [1.29, 1.82) is 0 Å². The van der Waals surface area contributed by atoms with Crippen molar-refractivity contribution in [2.75, 3.05) is 10.8 Å². The molecule has 0 aliphatic carbocycles. The topological polar surface area (TPSA) is 87.6 Å². The predicted molar refractivity (Wildman–Crippen MR) is 78.5 cm³/mol. The molecular weight excluding hydrogens is 312 g/mol. The van der Waals surface area contributed by atoms with Gasteiger partial charge in [0.05, 0.1) is 22.5 Å². The van der Waals surface area contributed by atoms with E-state index in [1.165, 1.54) is 22.6 Å². The Morgan fingerprint density at radius 2 is 2.19 bits per heavy atom. The Kier molecular flexibility index (Phi) is 3.22. The molecule has 0 fully saturated rings. The number of sulfonamides is 1. The van der Waals surface area contributed by atoms with Crippen LogP contribution in [0.15, 0.2) is 28.6 Å². The maximum absolute atomic E-state index is 12.6. The minimum Gasteiger partial charge on any atom is -0.478 e. The number of aromatic nitrogens is 1. The highest BCUT2D eigenvalue weighted by molar-refractivity contribution is 7.94. The van der Waals surface area contributed by atoms with E-state index < -0.39 is 16.0 Å². The molecule has 0 atom stereocenters. The van der Waals surface area contributed by atoms with Crippen LogP contribution in [0.25, 0.3) is 0 Å². The molecule has 0 spiro atoms. The number of hydrogen-bond donors (Lipinski definition) is 1. The molecule has 0 saturated heterocycles. The maximum Gasteiger partial charge on any atom is 0.335 e. The minimum atomic E-state index is -3.62. The van der Waals surface area contributed by atoms with Gasteiger partial charge in [-0.1, -0.05) is 0 Å². The fourth-order valence-corrected chi connectivity index (χ4v) is 5.05. The third-order valence-electron chi connectivity index (χ3n) is 3.32. The molecule has 0 radical (unpaired) electrons. The number of carboxylic acid groups (broad SMARTS) is 1. The van der Waals surface area contributed by atoms with Gasteiger partial charge in [-0.2, -0.15) is 0 Å². The first-order valence-corrected chi connectivity index (χ1v) is 8.46. The van der Waals surface area contributed by atoms with Crippen molar-refractivity contribution < 1.29 is 18.3 Å². The predicted octanol–water partition coefficient (Wildman–Crippen LogP) is 1.90. The summed E-state index contributed by atoms with van der Waals surface area (Å²) in [4.78, 5) is 14.9. The molecule has 1 aromatic carbocycles. The van der Waals surface area contributed by atoms with Crippen LogP contribution in [0.4, 0.5) is 5.69 Å². The number of benzene rings is 1. The second-order valence-electron chi connectivity index (χ2n) is 4.67. The number of carboxylic acids is 1. The summed E-state index contributed by atoms with van der Waals surface area (Å²) in [7, 11) is -3.62. The van der Waals surface area contributed by atoms with Crippen LogP contribution in [0, 0.1) is 6.92 Å². The quantitative estimate of drug-likeness (QED) is 0.931. The summed E-state index contributed by atoms with van der Waals surface area (Å²) in [5.41, 5.74) is 1.45. The maximum atomic E-state index is 12.6. The van der Waals surface area contributed by atoms with Crippen LogP contribution in [-0.2, 0) is 16.4 Å². The Bertz CT molecular complexity index is 826. The number of rotatable bonds is 3. The largest absolute Gasteiger partial charge is 0.478 e. The van der Waals surface area contributed by atoms with Crippen molar-refractivity contribution in [3.8, 4) is 0 Å². The van der Waals surface area contributed by atoms with E-state index in [0.717, 1.165) is 16.9 Å². The molecule has 1 aromatic heterocycles. The highest BCUT2D eigenvalue weighted by Crippen LogP contribution is 2.34. The molecule has 110 valence electrons. The highest BCUT2D eigenvalue weighted by Gasteiger charge is 2.32. The van der Waals surface area contributed by atoms with Crippen LogP contribution in [0.3, 0.4) is 0 Å². The van der Waals surface area contributed by atoms with Crippen molar-refractivity contribution in [1.82, 2.24) is 4.98 Å². The molecule has 1 aliphatic heterocycles. The summed E-state index contributed by atoms with van der Waals surface area (Å²) in [6.07, 6.45) is 1.87. The lowest BCUT2D eigenvalue weighted by atomic mass is 10.1. The van der Waals surface area contributed by atoms with E-state index in [-0.39, 0.29) is 9.77 Å². The van der Waals surface area contributed by atoms with Gasteiger partial charge in [0, 0.05) is 6.54 Å². The number of carbonyl (C=O) groups is 1. The number of thiazole rings is 1. The summed E-state index contributed by atoms with van der Waals surface area (Å²) >= 11 is 1.13. The van der Waals surface area contributed by atoms with Gasteiger partial charge in [-0.15, -0.1) is 11.3 Å². The van der Waals surface area contributed by atoms with Crippen LogP contribution in [0.2, 0.25) is 0 Å². The second-order valence-corrected chi connectivity index (χ2v) is 8.00. The zero-order valence-corrected chi connectivity index (χ0v) is 12.7. The van der Waals surface area contributed by atoms with Crippen LogP contribution in [0.1, 0.15) is 20.9 Å². The van der Waals surface area contributed by atoms with E-state index in [1.54, 1.807) is 13.0 Å². The van der Waals surface area contributed by atoms with Crippen molar-refractivity contribution in [2.24, 2.45) is 0 Å². The molecule has 0 bridgehead atoms. The smallest absolute Gasteiger partial charge is 0.335 e. The van der Waals surface area contributed by atoms with Crippen LogP contribution >= 0.6 is 11.3 Å². The molecule has 8 heteroatoms. The first-order chi connectivity index (χ1) is 9.89. The lowest BCUT2D eigenvalue weighted by Gasteiger charge is -2.18. The average molecular weight is 324 g/mol. The molecular formula is C13H12N2O4S2. The van der Waals surface area contributed by atoms with Gasteiger partial charge in [-0.25, -0.2) is 18.2 Å². The number of nitrogens with zero attached hydrogens (tertiary/aromatic N) is 2. The second kappa shape index (κ2) is 4.81. The lowest BCUT2D eigenvalue weighted by Crippen LogP contribution is -2.28. The van der Waals surface area contributed by atoms with Crippen molar-refractivity contribution >= 4 is 33.0 Å². The van der Waals surface area contributed by atoms with E-state index in [9.17, 15) is 13.2 Å². The van der Waals surface area contributed by atoms with Gasteiger partial charge in [-0.05, 0) is 37.1 Å². The fourth-order valence-electron chi connectivity index (χ4n) is 2.32. The lowest BCUT2D eigenvalue weighted by molar-refractivity contribution is 0.0697. The van der Waals surface area contributed by atoms with E-state index in [0.29, 0.717) is 23.7 Å². The summed E-state index contributed by atoms with van der Waals surface area (Å²) in [6.45, 7) is 2.07. The Morgan fingerprint density at radius 1 is 1.43 bits per heavy atom. The van der Waals surface area contributed by atoms with Crippen LogP contribution < -0.4 is 4.31 Å². The zero-order chi connectivity index (χ0) is 15.2. The first kappa shape index (κ1) is 14.0. The normalized spacial score (nSPS) is 14.2. The van der Waals surface area contributed by atoms with Gasteiger partial charge in [0.2, 0.25) is 0 Å².